The lowest BCUT2D eigenvalue weighted by Gasteiger charge is -2.26. The zero-order chi connectivity index (χ0) is 14.8. The maximum atomic E-state index is 11.6. The summed E-state index contributed by atoms with van der Waals surface area (Å²) in [5, 5.41) is 9.54. The highest BCUT2D eigenvalue weighted by molar-refractivity contribution is 5.78. The van der Waals surface area contributed by atoms with Crippen molar-refractivity contribution in [1.82, 2.24) is 0 Å². The second-order valence-electron chi connectivity index (χ2n) is 5.43. The maximum Gasteiger partial charge on any atom is 0.338 e. The minimum atomic E-state index is -1.30. The summed E-state index contributed by atoms with van der Waals surface area (Å²) in [4.78, 5) is 11.6. The topological polar surface area (TPSA) is 55.8 Å². The van der Waals surface area contributed by atoms with Crippen LogP contribution in [0.3, 0.4) is 0 Å². The molecule has 0 saturated carbocycles. The van der Waals surface area contributed by atoms with Gasteiger partial charge in [0.15, 0.2) is 11.4 Å². The van der Waals surface area contributed by atoms with E-state index in [1.54, 1.807) is 6.92 Å². The average molecular weight is 278 g/mol. The van der Waals surface area contributed by atoms with Gasteiger partial charge in [-0.05, 0) is 25.3 Å². The Hall–Kier alpha value is -1.39. The first kappa shape index (κ1) is 15.0. The van der Waals surface area contributed by atoms with Gasteiger partial charge in [0.05, 0.1) is 0 Å². The van der Waals surface area contributed by atoms with E-state index in [2.05, 4.69) is 0 Å². The third-order valence-corrected chi connectivity index (χ3v) is 4.14. The van der Waals surface area contributed by atoms with Crippen LogP contribution < -0.4 is 0 Å². The number of carboxylic acids is 1. The molecule has 1 saturated heterocycles. The van der Waals surface area contributed by atoms with E-state index in [0.29, 0.717) is 19.3 Å². The molecule has 1 aromatic rings. The molecule has 0 amide bonds. The van der Waals surface area contributed by atoms with Gasteiger partial charge in [0.1, 0.15) is 6.10 Å². The number of hydrogen-bond acceptors (Lipinski definition) is 3. The Morgan fingerprint density at radius 2 is 1.85 bits per heavy atom. The number of carboxylic acid groups (broad SMARTS) is 1. The third-order valence-electron chi connectivity index (χ3n) is 4.14. The van der Waals surface area contributed by atoms with E-state index < -0.39 is 23.5 Å². The van der Waals surface area contributed by atoms with E-state index in [4.69, 9.17) is 9.47 Å². The molecule has 4 heteroatoms. The Labute approximate surface area is 119 Å². The Bertz CT molecular complexity index is 467. The molecule has 1 aromatic carbocycles. The fourth-order valence-electron chi connectivity index (χ4n) is 2.65. The van der Waals surface area contributed by atoms with E-state index in [1.165, 1.54) is 0 Å². The molecule has 2 atom stereocenters. The lowest BCUT2D eigenvalue weighted by Crippen LogP contribution is -2.46. The van der Waals surface area contributed by atoms with E-state index in [1.807, 2.05) is 44.2 Å². The minimum absolute atomic E-state index is 0.484. The van der Waals surface area contributed by atoms with Crippen LogP contribution in [0.25, 0.3) is 0 Å². The fraction of sp³-hybridized carbons (Fsp3) is 0.562. The summed E-state index contributed by atoms with van der Waals surface area (Å²) in [5.74, 6) is -1.76. The Morgan fingerprint density at radius 1 is 1.25 bits per heavy atom. The molecule has 1 aliphatic rings. The lowest BCUT2D eigenvalue weighted by molar-refractivity contribution is -0.200. The van der Waals surface area contributed by atoms with Crippen LogP contribution in [0.5, 0.6) is 0 Å². The molecule has 0 aromatic heterocycles. The van der Waals surface area contributed by atoms with Gasteiger partial charge in [-0.25, -0.2) is 4.79 Å². The number of hydrogen-bond donors (Lipinski definition) is 1. The van der Waals surface area contributed by atoms with Gasteiger partial charge < -0.3 is 14.6 Å². The molecule has 2 rings (SSSR count). The molecular weight excluding hydrogens is 256 g/mol. The second-order valence-corrected chi connectivity index (χ2v) is 5.43. The standard InChI is InChI=1S/C16H22O4/c1-4-16(5-2)19-13(15(3,20-16)14(17)18)11-12-9-7-6-8-10-12/h6-10,13H,4-5,11H2,1-3H3,(H,17,18)/t13-,15+/m1/s1. The number of aliphatic carboxylic acids is 1. The summed E-state index contributed by atoms with van der Waals surface area (Å²) in [6, 6.07) is 9.77. The first-order chi connectivity index (χ1) is 9.46. The van der Waals surface area contributed by atoms with Crippen molar-refractivity contribution in [1.29, 1.82) is 0 Å². The van der Waals surface area contributed by atoms with Crippen molar-refractivity contribution in [3.63, 3.8) is 0 Å². The summed E-state index contributed by atoms with van der Waals surface area (Å²) in [7, 11) is 0. The Morgan fingerprint density at radius 3 is 2.35 bits per heavy atom. The quantitative estimate of drug-likeness (QED) is 0.899. The smallest absolute Gasteiger partial charge is 0.338 e. The van der Waals surface area contributed by atoms with Crippen molar-refractivity contribution >= 4 is 5.97 Å². The highest BCUT2D eigenvalue weighted by Gasteiger charge is 2.57. The molecule has 1 heterocycles. The van der Waals surface area contributed by atoms with Gasteiger partial charge in [-0.3, -0.25) is 0 Å². The van der Waals surface area contributed by atoms with E-state index in [9.17, 15) is 9.90 Å². The van der Waals surface area contributed by atoms with E-state index >= 15 is 0 Å². The van der Waals surface area contributed by atoms with Crippen molar-refractivity contribution < 1.29 is 19.4 Å². The predicted molar refractivity (Wildman–Crippen MR) is 75.5 cm³/mol. The van der Waals surface area contributed by atoms with Crippen LogP contribution >= 0.6 is 0 Å². The monoisotopic (exact) mass is 278 g/mol. The maximum absolute atomic E-state index is 11.6. The molecule has 0 aliphatic carbocycles. The van der Waals surface area contributed by atoms with Gasteiger partial charge in [0.2, 0.25) is 0 Å². The van der Waals surface area contributed by atoms with Crippen LogP contribution in [-0.2, 0) is 20.7 Å². The van der Waals surface area contributed by atoms with Crippen molar-refractivity contribution in [2.24, 2.45) is 0 Å². The highest BCUT2D eigenvalue weighted by Crippen LogP contribution is 2.42. The summed E-state index contributed by atoms with van der Waals surface area (Å²) >= 11 is 0. The fourth-order valence-corrected chi connectivity index (χ4v) is 2.65. The first-order valence-electron chi connectivity index (χ1n) is 7.11. The Balaban J connectivity index is 2.27. The molecule has 0 spiro atoms. The van der Waals surface area contributed by atoms with E-state index in [0.717, 1.165) is 5.56 Å². The minimum Gasteiger partial charge on any atom is -0.479 e. The van der Waals surface area contributed by atoms with Gasteiger partial charge >= 0.3 is 5.97 Å². The lowest BCUT2D eigenvalue weighted by atomic mass is 9.93. The number of ether oxygens (including phenoxy) is 2. The Kier molecular flexibility index (Phi) is 4.16. The average Bonchev–Trinajstić information content (AvgIpc) is 2.75. The van der Waals surface area contributed by atoms with Gasteiger partial charge in [-0.15, -0.1) is 0 Å². The van der Waals surface area contributed by atoms with Gasteiger partial charge in [0, 0.05) is 6.42 Å². The molecule has 110 valence electrons. The van der Waals surface area contributed by atoms with Gasteiger partial charge in [-0.2, -0.15) is 0 Å². The third kappa shape index (κ3) is 2.58. The molecule has 0 radical (unpaired) electrons. The molecule has 20 heavy (non-hydrogen) atoms. The number of benzene rings is 1. The van der Waals surface area contributed by atoms with Crippen LogP contribution in [0.2, 0.25) is 0 Å². The SMILES string of the molecule is CCC1(CC)O[C@H](Cc2ccccc2)[C@@](C)(C(=O)O)O1. The second kappa shape index (κ2) is 5.54. The first-order valence-corrected chi connectivity index (χ1v) is 7.11. The summed E-state index contributed by atoms with van der Waals surface area (Å²) < 4.78 is 11.9. The van der Waals surface area contributed by atoms with Gasteiger partial charge in [0.25, 0.3) is 0 Å². The molecule has 1 N–H and O–H groups in total. The van der Waals surface area contributed by atoms with Gasteiger partial charge in [-0.1, -0.05) is 44.2 Å². The molecule has 1 aliphatic heterocycles. The van der Waals surface area contributed by atoms with Crippen molar-refractivity contribution in [2.75, 3.05) is 0 Å². The van der Waals surface area contributed by atoms with E-state index in [-0.39, 0.29) is 0 Å². The van der Waals surface area contributed by atoms with Crippen LogP contribution in [0, 0.1) is 0 Å². The molecule has 0 unspecified atom stereocenters. The van der Waals surface area contributed by atoms with Crippen LogP contribution in [0.1, 0.15) is 39.2 Å². The molecule has 1 fully saturated rings. The zero-order valence-electron chi connectivity index (χ0n) is 12.3. The largest absolute Gasteiger partial charge is 0.479 e. The van der Waals surface area contributed by atoms with Crippen molar-refractivity contribution in [3.05, 3.63) is 35.9 Å². The summed E-state index contributed by atoms with van der Waals surface area (Å²) in [5.41, 5.74) is -0.251. The summed E-state index contributed by atoms with van der Waals surface area (Å²) in [6.45, 7) is 5.52. The van der Waals surface area contributed by atoms with Crippen molar-refractivity contribution in [3.8, 4) is 0 Å². The van der Waals surface area contributed by atoms with Crippen molar-refractivity contribution in [2.45, 2.75) is 57.5 Å². The number of carbonyl (C=O) groups is 1. The molecule has 0 bridgehead atoms. The van der Waals surface area contributed by atoms with Crippen LogP contribution in [0.15, 0.2) is 30.3 Å². The molecule has 4 nitrogen and oxygen atoms in total. The normalized spacial score (nSPS) is 28.4. The van der Waals surface area contributed by atoms with Crippen LogP contribution in [0.4, 0.5) is 0 Å². The predicted octanol–water partition coefficient (Wildman–Crippen LogP) is 3.00. The number of rotatable bonds is 5. The van der Waals surface area contributed by atoms with Crippen LogP contribution in [-0.4, -0.2) is 28.6 Å². The highest BCUT2D eigenvalue weighted by atomic mass is 16.8. The molecular formula is C16H22O4. The summed E-state index contributed by atoms with van der Waals surface area (Å²) in [6.07, 6.45) is 1.32. The zero-order valence-corrected chi connectivity index (χ0v) is 12.3.